The molecule has 0 spiro atoms. The van der Waals surface area contributed by atoms with Gasteiger partial charge in [-0.15, -0.1) is 0 Å². The number of anilines is 1. The first-order valence-corrected chi connectivity index (χ1v) is 14.0. The van der Waals surface area contributed by atoms with Crippen molar-refractivity contribution in [1.82, 2.24) is 21.3 Å². The van der Waals surface area contributed by atoms with Crippen LogP contribution in [0.1, 0.15) is 37.7 Å². The quantitative estimate of drug-likeness (QED) is 0.0642. The third-order valence-electron chi connectivity index (χ3n) is 6.06. The number of para-hydroxylation sites is 1. The molecule has 0 saturated heterocycles. The molecule has 2 aromatic carbocycles. The first-order chi connectivity index (χ1) is 19.9. The Kier molecular flexibility index (Phi) is 16.0. The van der Waals surface area contributed by atoms with Crippen LogP contribution in [0.3, 0.4) is 0 Å². The molecule has 41 heavy (non-hydrogen) atoms. The standard InChI is InChI=1S/C29H44N8O4/c30-29(31)36-24-14-12-22(13-15-24)8-6-11-26(39)37-25(21-38)28(41)34-18-5-4-16-32-17-7-19-33-27(40)20-35-23-9-2-1-3-10-23/h1-3,9-10,12-15,25,32,35,38H,4-8,11,16-21H2,(H,33,40)(H,34,41)(H,37,39)(H4,30,31,36)/t25-/m0/s1. The first kappa shape index (κ1) is 33.0. The van der Waals surface area contributed by atoms with Crippen molar-refractivity contribution in [1.29, 1.82) is 0 Å². The molecule has 12 nitrogen and oxygen atoms in total. The molecule has 2 rings (SSSR count). The van der Waals surface area contributed by atoms with Crippen molar-refractivity contribution in [2.45, 2.75) is 44.6 Å². The van der Waals surface area contributed by atoms with E-state index in [2.05, 4.69) is 31.6 Å². The number of aliphatic imine (C=N–C) groups is 1. The summed E-state index contributed by atoms with van der Waals surface area (Å²) in [7, 11) is 0. The Balaban J connectivity index is 1.46. The fourth-order valence-electron chi connectivity index (χ4n) is 3.88. The van der Waals surface area contributed by atoms with Gasteiger partial charge in [0.15, 0.2) is 5.96 Å². The zero-order valence-corrected chi connectivity index (χ0v) is 23.5. The maximum atomic E-state index is 12.3. The van der Waals surface area contributed by atoms with Gasteiger partial charge in [-0.25, -0.2) is 4.99 Å². The van der Waals surface area contributed by atoms with Gasteiger partial charge in [0.05, 0.1) is 18.8 Å². The van der Waals surface area contributed by atoms with Gasteiger partial charge in [-0.05, 0) is 75.0 Å². The number of nitrogens with one attached hydrogen (secondary N) is 5. The minimum atomic E-state index is -0.974. The predicted octanol–water partition coefficient (Wildman–Crippen LogP) is 0.496. The topological polar surface area (TPSA) is 196 Å². The molecule has 0 aliphatic carbocycles. The summed E-state index contributed by atoms with van der Waals surface area (Å²) in [5.41, 5.74) is 13.3. The lowest BCUT2D eigenvalue weighted by atomic mass is 10.1. The van der Waals surface area contributed by atoms with Gasteiger partial charge < -0.3 is 43.2 Å². The molecule has 1 atom stereocenters. The van der Waals surface area contributed by atoms with Crippen LogP contribution in [0.2, 0.25) is 0 Å². The Morgan fingerprint density at radius 3 is 2.20 bits per heavy atom. The number of aliphatic hydroxyl groups is 1. The van der Waals surface area contributed by atoms with Gasteiger partial charge in [-0.3, -0.25) is 14.4 Å². The van der Waals surface area contributed by atoms with E-state index in [0.717, 1.165) is 43.6 Å². The number of carbonyl (C=O) groups is 3. The highest BCUT2D eigenvalue weighted by molar-refractivity contribution is 5.87. The van der Waals surface area contributed by atoms with Gasteiger partial charge in [0, 0.05) is 25.2 Å². The molecule has 0 unspecified atom stereocenters. The number of nitrogens with two attached hydrogens (primary N) is 2. The minimum absolute atomic E-state index is 0.00661. The Bertz CT molecular complexity index is 1080. The van der Waals surface area contributed by atoms with Gasteiger partial charge in [-0.2, -0.15) is 0 Å². The van der Waals surface area contributed by atoms with Gasteiger partial charge in [0.1, 0.15) is 6.04 Å². The van der Waals surface area contributed by atoms with E-state index < -0.39 is 18.6 Å². The Morgan fingerprint density at radius 2 is 1.49 bits per heavy atom. The Morgan fingerprint density at radius 1 is 0.805 bits per heavy atom. The maximum absolute atomic E-state index is 12.3. The number of hydrogen-bond donors (Lipinski definition) is 8. The number of benzene rings is 2. The molecule has 0 aromatic heterocycles. The number of amides is 3. The van der Waals surface area contributed by atoms with E-state index in [1.807, 2.05) is 42.5 Å². The molecule has 2 aromatic rings. The molecule has 3 amide bonds. The second-order valence-electron chi connectivity index (χ2n) is 9.53. The van der Waals surface area contributed by atoms with Crippen molar-refractivity contribution >= 4 is 35.1 Å². The van der Waals surface area contributed by atoms with Gasteiger partial charge >= 0.3 is 0 Å². The van der Waals surface area contributed by atoms with Crippen molar-refractivity contribution in [3.05, 3.63) is 60.2 Å². The smallest absolute Gasteiger partial charge is 0.244 e. The average molecular weight is 569 g/mol. The lowest BCUT2D eigenvalue weighted by Crippen LogP contribution is -2.49. The van der Waals surface area contributed by atoms with Crippen molar-refractivity contribution in [2.75, 3.05) is 44.6 Å². The highest BCUT2D eigenvalue weighted by Gasteiger charge is 2.19. The summed E-state index contributed by atoms with van der Waals surface area (Å²) >= 11 is 0. The van der Waals surface area contributed by atoms with Crippen molar-refractivity contribution < 1.29 is 19.5 Å². The fourth-order valence-corrected chi connectivity index (χ4v) is 3.88. The van der Waals surface area contributed by atoms with E-state index in [1.165, 1.54) is 0 Å². The molecule has 0 saturated carbocycles. The molecule has 0 fully saturated rings. The normalized spacial score (nSPS) is 11.2. The van der Waals surface area contributed by atoms with Crippen LogP contribution >= 0.6 is 0 Å². The second-order valence-corrected chi connectivity index (χ2v) is 9.53. The predicted molar refractivity (Wildman–Crippen MR) is 162 cm³/mol. The van der Waals surface area contributed by atoms with Crippen LogP contribution in [-0.4, -0.2) is 74.2 Å². The lowest BCUT2D eigenvalue weighted by Gasteiger charge is -2.16. The number of aryl methyl sites for hydroxylation is 1. The number of carbonyl (C=O) groups excluding carboxylic acids is 3. The molecule has 12 heteroatoms. The zero-order valence-electron chi connectivity index (χ0n) is 23.5. The largest absolute Gasteiger partial charge is 0.394 e. The first-order valence-electron chi connectivity index (χ1n) is 14.0. The summed E-state index contributed by atoms with van der Waals surface area (Å²) in [5, 5.41) is 24.2. The van der Waals surface area contributed by atoms with Gasteiger partial charge in [0.2, 0.25) is 17.7 Å². The van der Waals surface area contributed by atoms with Crippen LogP contribution in [0.4, 0.5) is 11.4 Å². The van der Waals surface area contributed by atoms with E-state index in [-0.39, 0.29) is 30.7 Å². The minimum Gasteiger partial charge on any atom is -0.394 e. The molecule has 0 aliphatic heterocycles. The molecular weight excluding hydrogens is 524 g/mol. The monoisotopic (exact) mass is 568 g/mol. The summed E-state index contributed by atoms with van der Waals surface area (Å²) in [6, 6.07) is 16.0. The summed E-state index contributed by atoms with van der Waals surface area (Å²) in [6.07, 6.45) is 3.95. The SMILES string of the molecule is NC(N)=Nc1ccc(CCCC(=O)N[C@@H](CO)C(=O)NCCCCNCCCNC(=O)CNc2ccccc2)cc1. The summed E-state index contributed by atoms with van der Waals surface area (Å²) in [4.78, 5) is 40.4. The molecular formula is C29H44N8O4. The van der Waals surface area contributed by atoms with Crippen molar-refractivity contribution in [3.63, 3.8) is 0 Å². The number of guanidine groups is 1. The summed E-state index contributed by atoms with van der Waals surface area (Å²) in [6.45, 7) is 2.39. The highest BCUT2D eigenvalue weighted by Crippen LogP contribution is 2.14. The zero-order chi connectivity index (χ0) is 29.7. The van der Waals surface area contributed by atoms with E-state index in [4.69, 9.17) is 11.5 Å². The highest BCUT2D eigenvalue weighted by atomic mass is 16.3. The maximum Gasteiger partial charge on any atom is 0.244 e. The van der Waals surface area contributed by atoms with Crippen LogP contribution in [0, 0.1) is 0 Å². The summed E-state index contributed by atoms with van der Waals surface area (Å²) < 4.78 is 0. The van der Waals surface area contributed by atoms with E-state index >= 15 is 0 Å². The van der Waals surface area contributed by atoms with E-state index in [9.17, 15) is 19.5 Å². The summed E-state index contributed by atoms with van der Waals surface area (Å²) in [5.74, 6) is -0.743. The lowest BCUT2D eigenvalue weighted by molar-refractivity contribution is -0.130. The van der Waals surface area contributed by atoms with Crippen molar-refractivity contribution in [3.8, 4) is 0 Å². The Labute approximate surface area is 241 Å². The van der Waals surface area contributed by atoms with Gasteiger partial charge in [-0.1, -0.05) is 30.3 Å². The van der Waals surface area contributed by atoms with E-state index in [0.29, 0.717) is 31.6 Å². The Hall–Kier alpha value is -4.16. The number of aliphatic hydroxyl groups excluding tert-OH is 1. The van der Waals surface area contributed by atoms with Gasteiger partial charge in [0.25, 0.3) is 0 Å². The second kappa shape index (κ2) is 19.8. The number of unbranched alkanes of at least 4 members (excludes halogenated alkanes) is 1. The molecule has 0 heterocycles. The molecule has 0 radical (unpaired) electrons. The number of hydrogen-bond acceptors (Lipinski definition) is 7. The molecule has 0 aliphatic rings. The van der Waals surface area contributed by atoms with E-state index in [1.54, 1.807) is 12.1 Å². The molecule has 10 N–H and O–H groups in total. The van der Waals surface area contributed by atoms with Crippen LogP contribution in [0.5, 0.6) is 0 Å². The number of rotatable bonds is 20. The fraction of sp³-hybridized carbons (Fsp3) is 0.448. The van der Waals surface area contributed by atoms with Crippen LogP contribution in [0.15, 0.2) is 59.6 Å². The van der Waals surface area contributed by atoms with Crippen molar-refractivity contribution in [2.24, 2.45) is 16.5 Å². The third kappa shape index (κ3) is 15.3. The van der Waals surface area contributed by atoms with Crippen LogP contribution in [-0.2, 0) is 20.8 Å². The molecule has 0 bridgehead atoms. The number of nitrogens with zero attached hydrogens (tertiary/aromatic N) is 1. The third-order valence-corrected chi connectivity index (χ3v) is 6.06. The molecule has 224 valence electrons. The average Bonchev–Trinajstić information content (AvgIpc) is 2.96. The van der Waals surface area contributed by atoms with Crippen LogP contribution < -0.4 is 38.1 Å². The van der Waals surface area contributed by atoms with Crippen LogP contribution in [0.25, 0.3) is 0 Å².